The molecule has 4 aromatic heterocycles. The molecule has 4 N–H and O–H groups in total. The number of fused-ring (bicyclic) bond motifs is 1. The predicted octanol–water partition coefficient (Wildman–Crippen LogP) is 3.02. The fourth-order valence-electron chi connectivity index (χ4n) is 4.20. The first kappa shape index (κ1) is 21.8. The van der Waals surface area contributed by atoms with Gasteiger partial charge in [0.15, 0.2) is 0 Å². The third-order valence-electron chi connectivity index (χ3n) is 5.76. The van der Waals surface area contributed by atoms with Crippen LogP contribution in [0.5, 0.6) is 0 Å². The van der Waals surface area contributed by atoms with E-state index in [0.717, 1.165) is 24.3 Å². The number of aromatic nitrogens is 5. The van der Waals surface area contributed by atoms with Gasteiger partial charge in [0.25, 0.3) is 5.56 Å². The average molecular weight is 459 g/mol. The summed E-state index contributed by atoms with van der Waals surface area (Å²) in [4.78, 5) is 35.6. The fourth-order valence-corrected chi connectivity index (χ4v) is 4.20. The van der Waals surface area contributed by atoms with Crippen LogP contribution in [-0.2, 0) is 4.74 Å². The van der Waals surface area contributed by atoms with Crippen LogP contribution < -0.4 is 21.5 Å². The summed E-state index contributed by atoms with van der Waals surface area (Å²) in [6, 6.07) is 7.53. The number of nitrogen functional groups attached to an aromatic ring is 1. The number of nitrogens with two attached hydrogens (primary N) is 1. The Morgan fingerprint density at radius 3 is 2.59 bits per heavy atom. The highest BCUT2D eigenvalue weighted by Gasteiger charge is 2.23. The number of hydrogen-bond donors (Lipinski definition) is 3. The maximum Gasteiger partial charge on any atom is 0.259 e. The first-order chi connectivity index (χ1) is 16.4. The summed E-state index contributed by atoms with van der Waals surface area (Å²) in [7, 11) is 0. The lowest BCUT2D eigenvalue weighted by molar-refractivity contribution is -0.00545. The van der Waals surface area contributed by atoms with E-state index >= 15 is 0 Å². The maximum absolute atomic E-state index is 12.6. The average Bonchev–Trinajstić information content (AvgIpc) is 2.80. The lowest BCUT2D eigenvalue weighted by Crippen LogP contribution is -2.45. The Kier molecular flexibility index (Phi) is 5.58. The third-order valence-corrected chi connectivity index (χ3v) is 5.76. The standard InChI is InChI=1S/C24H26N8O2/c1-13-11-32(12-14(2)34-13)20-5-4-17(9-27-20)30-23-21-16(6-7-26-24(21)33)8-18(31-23)19-10-28-22(25)15(3)29-19/h4-10,13-14H,11-12H2,1-3H3,(H2,25,28)(H,26,33)(H,30,31)/t13-,14+. The summed E-state index contributed by atoms with van der Waals surface area (Å²) in [5, 5.41) is 4.44. The van der Waals surface area contributed by atoms with Gasteiger partial charge in [-0.05, 0) is 50.4 Å². The molecule has 10 nitrogen and oxygen atoms in total. The molecule has 4 aromatic rings. The molecule has 2 atom stereocenters. The molecule has 10 heteroatoms. The van der Waals surface area contributed by atoms with Gasteiger partial charge in [-0.2, -0.15) is 0 Å². The summed E-state index contributed by atoms with van der Waals surface area (Å²) < 4.78 is 5.82. The molecule has 34 heavy (non-hydrogen) atoms. The molecule has 1 aliphatic heterocycles. The Labute approximate surface area is 196 Å². The number of rotatable bonds is 4. The first-order valence-electron chi connectivity index (χ1n) is 11.1. The zero-order valence-electron chi connectivity index (χ0n) is 19.2. The van der Waals surface area contributed by atoms with Crippen molar-refractivity contribution in [3.63, 3.8) is 0 Å². The van der Waals surface area contributed by atoms with Gasteiger partial charge in [-0.1, -0.05) is 0 Å². The molecule has 5 rings (SSSR count). The van der Waals surface area contributed by atoms with Crippen molar-refractivity contribution in [2.24, 2.45) is 0 Å². The monoisotopic (exact) mass is 458 g/mol. The molecule has 1 fully saturated rings. The molecule has 0 spiro atoms. The van der Waals surface area contributed by atoms with Crippen LogP contribution in [0.3, 0.4) is 0 Å². The molecular formula is C24H26N8O2. The van der Waals surface area contributed by atoms with Crippen LogP contribution in [0.1, 0.15) is 19.5 Å². The zero-order chi connectivity index (χ0) is 23.8. The molecule has 5 heterocycles. The smallest absolute Gasteiger partial charge is 0.259 e. The second kappa shape index (κ2) is 8.71. The van der Waals surface area contributed by atoms with E-state index in [1.54, 1.807) is 25.5 Å². The minimum atomic E-state index is -0.237. The molecule has 0 aliphatic carbocycles. The predicted molar refractivity (Wildman–Crippen MR) is 132 cm³/mol. The third kappa shape index (κ3) is 4.27. The number of ether oxygens (including phenoxy) is 1. The van der Waals surface area contributed by atoms with Crippen LogP contribution in [0.15, 0.2) is 47.7 Å². The van der Waals surface area contributed by atoms with Crippen LogP contribution in [-0.4, -0.2) is 50.2 Å². The quantitative estimate of drug-likeness (QED) is 0.422. The van der Waals surface area contributed by atoms with Crippen molar-refractivity contribution in [2.45, 2.75) is 33.0 Å². The highest BCUT2D eigenvalue weighted by atomic mass is 16.5. The van der Waals surface area contributed by atoms with Crippen LogP contribution >= 0.6 is 0 Å². The van der Waals surface area contributed by atoms with Gasteiger partial charge < -0.3 is 25.7 Å². The van der Waals surface area contributed by atoms with Crippen molar-refractivity contribution in [1.82, 2.24) is 24.9 Å². The lowest BCUT2D eigenvalue weighted by atomic mass is 10.1. The first-order valence-corrected chi connectivity index (χ1v) is 11.1. The summed E-state index contributed by atoms with van der Waals surface area (Å²) in [6.07, 6.45) is 5.22. The number of nitrogens with zero attached hydrogens (tertiary/aromatic N) is 5. The Hall–Kier alpha value is -4.05. The van der Waals surface area contributed by atoms with Gasteiger partial charge in [0.2, 0.25) is 0 Å². The molecule has 0 aromatic carbocycles. The van der Waals surface area contributed by atoms with E-state index in [4.69, 9.17) is 15.5 Å². The van der Waals surface area contributed by atoms with E-state index in [1.807, 2.05) is 24.3 Å². The van der Waals surface area contributed by atoms with Crippen molar-refractivity contribution in [3.05, 3.63) is 58.9 Å². The molecule has 0 radical (unpaired) electrons. The van der Waals surface area contributed by atoms with E-state index < -0.39 is 0 Å². The second-order valence-electron chi connectivity index (χ2n) is 8.55. The van der Waals surface area contributed by atoms with Crippen molar-refractivity contribution in [1.29, 1.82) is 0 Å². The van der Waals surface area contributed by atoms with Crippen LogP contribution in [0.25, 0.3) is 22.2 Å². The Morgan fingerprint density at radius 2 is 1.88 bits per heavy atom. The van der Waals surface area contributed by atoms with Crippen LogP contribution in [0.4, 0.5) is 23.1 Å². The Morgan fingerprint density at radius 1 is 1.09 bits per heavy atom. The molecule has 0 amide bonds. The molecule has 1 aliphatic rings. The van der Waals surface area contributed by atoms with Crippen LogP contribution in [0, 0.1) is 6.92 Å². The highest BCUT2D eigenvalue weighted by Crippen LogP contribution is 2.28. The van der Waals surface area contributed by atoms with E-state index in [-0.39, 0.29) is 17.8 Å². The van der Waals surface area contributed by atoms with Gasteiger partial charge in [0, 0.05) is 19.3 Å². The second-order valence-corrected chi connectivity index (χ2v) is 8.55. The summed E-state index contributed by atoms with van der Waals surface area (Å²) >= 11 is 0. The minimum absolute atomic E-state index is 0.147. The van der Waals surface area contributed by atoms with E-state index in [2.05, 4.69) is 44.0 Å². The van der Waals surface area contributed by atoms with Crippen molar-refractivity contribution < 1.29 is 4.74 Å². The molecule has 174 valence electrons. The molecule has 0 saturated carbocycles. The Bertz CT molecular complexity index is 1390. The fraction of sp³-hybridized carbons (Fsp3) is 0.292. The summed E-state index contributed by atoms with van der Waals surface area (Å²) in [5.74, 6) is 1.66. The maximum atomic E-state index is 12.6. The number of nitrogens with one attached hydrogen (secondary N) is 2. The minimum Gasteiger partial charge on any atom is -0.382 e. The number of anilines is 4. The van der Waals surface area contributed by atoms with E-state index in [0.29, 0.717) is 39.8 Å². The van der Waals surface area contributed by atoms with Gasteiger partial charge in [0.1, 0.15) is 23.1 Å². The van der Waals surface area contributed by atoms with E-state index in [1.165, 1.54) is 0 Å². The molecule has 0 bridgehead atoms. The van der Waals surface area contributed by atoms with Gasteiger partial charge in [-0.25, -0.2) is 19.9 Å². The number of pyridine rings is 3. The molecular weight excluding hydrogens is 432 g/mol. The number of hydrogen-bond acceptors (Lipinski definition) is 9. The zero-order valence-corrected chi connectivity index (χ0v) is 19.2. The molecule has 0 unspecified atom stereocenters. The van der Waals surface area contributed by atoms with Crippen molar-refractivity contribution in [3.8, 4) is 11.4 Å². The largest absolute Gasteiger partial charge is 0.382 e. The van der Waals surface area contributed by atoms with Gasteiger partial charge in [-0.15, -0.1) is 0 Å². The van der Waals surface area contributed by atoms with Crippen molar-refractivity contribution >= 4 is 33.9 Å². The topological polar surface area (TPSA) is 135 Å². The lowest BCUT2D eigenvalue weighted by Gasteiger charge is -2.36. The van der Waals surface area contributed by atoms with Crippen LogP contribution in [0.2, 0.25) is 0 Å². The van der Waals surface area contributed by atoms with E-state index in [9.17, 15) is 4.79 Å². The van der Waals surface area contributed by atoms with Gasteiger partial charge in [0.05, 0.1) is 47.1 Å². The number of aryl methyl sites for hydroxylation is 1. The number of aromatic amines is 1. The Balaban J connectivity index is 1.50. The summed E-state index contributed by atoms with van der Waals surface area (Å²) in [6.45, 7) is 7.49. The van der Waals surface area contributed by atoms with Gasteiger partial charge in [-0.3, -0.25) is 4.79 Å². The molecule has 1 saturated heterocycles. The normalized spacial score (nSPS) is 18.3. The summed E-state index contributed by atoms with van der Waals surface area (Å²) in [5.41, 5.74) is 8.07. The van der Waals surface area contributed by atoms with Crippen molar-refractivity contribution in [2.75, 3.05) is 29.0 Å². The highest BCUT2D eigenvalue weighted by molar-refractivity contribution is 5.94. The SMILES string of the molecule is Cc1nc(-c2cc3cc[nH]c(=O)c3c(Nc3ccc(N4C[C@@H](C)O[C@@H](C)C4)nc3)n2)cnc1N. The number of morpholine rings is 1. The van der Waals surface area contributed by atoms with Gasteiger partial charge >= 0.3 is 0 Å². The number of H-pyrrole nitrogens is 1.